The molecule has 1 saturated carbocycles. The summed E-state index contributed by atoms with van der Waals surface area (Å²) in [5.74, 6) is 1.11. The first kappa shape index (κ1) is 12.3. The molecule has 2 unspecified atom stereocenters. The van der Waals surface area contributed by atoms with Crippen LogP contribution in [0.5, 0.6) is 0 Å². The Bertz CT molecular complexity index is 458. The van der Waals surface area contributed by atoms with E-state index in [2.05, 4.69) is 20.8 Å². The van der Waals surface area contributed by atoms with Crippen molar-refractivity contribution < 1.29 is 9.53 Å². The SMILES string of the molecule is CNc1ccc(C(=O)NC2CCOC2C2CC2)nn1. The van der Waals surface area contributed by atoms with Crippen molar-refractivity contribution in [2.24, 2.45) is 5.92 Å². The molecule has 2 N–H and O–H groups in total. The minimum absolute atomic E-state index is 0.116. The molecule has 0 aromatic carbocycles. The van der Waals surface area contributed by atoms with Gasteiger partial charge in [0.15, 0.2) is 5.69 Å². The van der Waals surface area contributed by atoms with Crippen LogP contribution in [0.3, 0.4) is 0 Å². The Balaban J connectivity index is 1.63. The maximum absolute atomic E-state index is 12.1. The lowest BCUT2D eigenvalue weighted by atomic mass is 10.1. The van der Waals surface area contributed by atoms with E-state index in [4.69, 9.17) is 4.74 Å². The second-order valence-electron chi connectivity index (χ2n) is 5.10. The van der Waals surface area contributed by atoms with Crippen LogP contribution in [0.25, 0.3) is 0 Å². The molecule has 2 fully saturated rings. The molecular weight excluding hydrogens is 244 g/mol. The highest BCUT2D eigenvalue weighted by atomic mass is 16.5. The number of rotatable bonds is 4. The summed E-state index contributed by atoms with van der Waals surface area (Å²) in [7, 11) is 1.76. The third-order valence-electron chi connectivity index (χ3n) is 3.69. The normalized spacial score (nSPS) is 26.2. The van der Waals surface area contributed by atoms with Gasteiger partial charge in [0.2, 0.25) is 0 Å². The summed E-state index contributed by atoms with van der Waals surface area (Å²) in [6, 6.07) is 3.53. The molecule has 1 saturated heterocycles. The molecule has 102 valence electrons. The van der Waals surface area contributed by atoms with Gasteiger partial charge in [0.1, 0.15) is 5.82 Å². The molecule has 0 radical (unpaired) electrons. The number of hydrogen-bond donors (Lipinski definition) is 2. The van der Waals surface area contributed by atoms with Crippen LogP contribution in [0, 0.1) is 5.92 Å². The third kappa shape index (κ3) is 2.68. The maximum atomic E-state index is 12.1. The molecule has 2 heterocycles. The maximum Gasteiger partial charge on any atom is 0.272 e. The van der Waals surface area contributed by atoms with E-state index >= 15 is 0 Å². The van der Waals surface area contributed by atoms with Crippen LogP contribution in [0.2, 0.25) is 0 Å². The molecule has 19 heavy (non-hydrogen) atoms. The lowest BCUT2D eigenvalue weighted by Crippen LogP contribution is -2.41. The number of aromatic nitrogens is 2. The Morgan fingerprint density at radius 1 is 1.32 bits per heavy atom. The van der Waals surface area contributed by atoms with Gasteiger partial charge < -0.3 is 15.4 Å². The van der Waals surface area contributed by atoms with Gasteiger partial charge >= 0.3 is 0 Å². The van der Waals surface area contributed by atoms with E-state index in [1.165, 1.54) is 12.8 Å². The highest BCUT2D eigenvalue weighted by Gasteiger charge is 2.41. The van der Waals surface area contributed by atoms with Crippen LogP contribution < -0.4 is 10.6 Å². The van der Waals surface area contributed by atoms with Crippen molar-refractivity contribution in [3.05, 3.63) is 17.8 Å². The number of amides is 1. The van der Waals surface area contributed by atoms with Gasteiger partial charge in [-0.1, -0.05) is 0 Å². The van der Waals surface area contributed by atoms with Crippen molar-refractivity contribution in [2.45, 2.75) is 31.4 Å². The van der Waals surface area contributed by atoms with Crippen molar-refractivity contribution in [3.8, 4) is 0 Å². The molecular formula is C13H18N4O2. The van der Waals surface area contributed by atoms with Crippen molar-refractivity contribution in [3.63, 3.8) is 0 Å². The smallest absolute Gasteiger partial charge is 0.272 e. The summed E-state index contributed by atoms with van der Waals surface area (Å²) >= 11 is 0. The van der Waals surface area contributed by atoms with Crippen LogP contribution in [0.1, 0.15) is 29.8 Å². The molecule has 0 bridgehead atoms. The summed E-state index contributed by atoms with van der Waals surface area (Å²) in [5, 5.41) is 13.7. The average Bonchev–Trinajstić information content (AvgIpc) is 3.19. The van der Waals surface area contributed by atoms with Crippen LogP contribution in [-0.2, 0) is 4.74 Å². The van der Waals surface area contributed by atoms with Crippen molar-refractivity contribution in [2.75, 3.05) is 19.0 Å². The number of hydrogen-bond acceptors (Lipinski definition) is 5. The number of carbonyl (C=O) groups is 1. The number of anilines is 1. The van der Waals surface area contributed by atoms with Crippen molar-refractivity contribution in [1.29, 1.82) is 0 Å². The zero-order chi connectivity index (χ0) is 13.2. The molecule has 1 aromatic heterocycles. The van der Waals surface area contributed by atoms with Gasteiger partial charge in [-0.15, -0.1) is 10.2 Å². The summed E-state index contributed by atoms with van der Waals surface area (Å²) in [6.07, 6.45) is 3.50. The molecule has 2 aliphatic rings. The summed E-state index contributed by atoms with van der Waals surface area (Å²) in [4.78, 5) is 12.1. The standard InChI is InChI=1S/C13H18N4O2/c1-14-11-5-4-10(16-17-11)13(18)15-9-6-7-19-12(9)8-2-3-8/h4-5,8-9,12H,2-3,6-7H2,1H3,(H,14,17)(H,15,18). The van der Waals surface area contributed by atoms with Crippen molar-refractivity contribution in [1.82, 2.24) is 15.5 Å². The van der Waals surface area contributed by atoms with E-state index < -0.39 is 0 Å². The minimum Gasteiger partial charge on any atom is -0.376 e. The molecule has 0 spiro atoms. The van der Waals surface area contributed by atoms with Crippen LogP contribution in [0.15, 0.2) is 12.1 Å². The van der Waals surface area contributed by atoms with Gasteiger partial charge in [-0.25, -0.2) is 0 Å². The number of carbonyl (C=O) groups excluding carboxylic acids is 1. The van der Waals surface area contributed by atoms with Gasteiger partial charge in [-0.3, -0.25) is 4.79 Å². The second kappa shape index (κ2) is 5.13. The predicted octanol–water partition coefficient (Wildman–Crippen LogP) is 0.816. The second-order valence-corrected chi connectivity index (χ2v) is 5.10. The van der Waals surface area contributed by atoms with Gasteiger partial charge in [-0.2, -0.15) is 0 Å². The van der Waals surface area contributed by atoms with Gasteiger partial charge in [0, 0.05) is 13.7 Å². The Morgan fingerprint density at radius 3 is 2.79 bits per heavy atom. The summed E-state index contributed by atoms with van der Waals surface area (Å²) in [6.45, 7) is 0.733. The Morgan fingerprint density at radius 2 is 2.16 bits per heavy atom. The van der Waals surface area contributed by atoms with E-state index in [-0.39, 0.29) is 18.1 Å². The fourth-order valence-electron chi connectivity index (χ4n) is 2.48. The van der Waals surface area contributed by atoms with E-state index in [1.54, 1.807) is 19.2 Å². The van der Waals surface area contributed by atoms with E-state index in [9.17, 15) is 4.79 Å². The minimum atomic E-state index is -0.170. The highest BCUT2D eigenvalue weighted by Crippen LogP contribution is 2.38. The van der Waals surface area contributed by atoms with E-state index in [0.717, 1.165) is 13.0 Å². The van der Waals surface area contributed by atoms with Gasteiger partial charge in [-0.05, 0) is 37.3 Å². The first-order valence-corrected chi connectivity index (χ1v) is 6.72. The Hall–Kier alpha value is -1.69. The van der Waals surface area contributed by atoms with Crippen LogP contribution in [0.4, 0.5) is 5.82 Å². The zero-order valence-electron chi connectivity index (χ0n) is 10.9. The van der Waals surface area contributed by atoms with E-state index in [1.807, 2.05) is 0 Å². The number of nitrogens with zero attached hydrogens (tertiary/aromatic N) is 2. The molecule has 3 rings (SSSR count). The number of nitrogens with one attached hydrogen (secondary N) is 2. The lowest BCUT2D eigenvalue weighted by molar-refractivity contribution is 0.0727. The monoisotopic (exact) mass is 262 g/mol. The van der Waals surface area contributed by atoms with Gasteiger partial charge in [0.25, 0.3) is 5.91 Å². The Labute approximate surface area is 111 Å². The first-order chi connectivity index (χ1) is 9.28. The molecule has 2 atom stereocenters. The van der Waals surface area contributed by atoms with Crippen LogP contribution in [-0.4, -0.2) is 41.9 Å². The van der Waals surface area contributed by atoms with E-state index in [0.29, 0.717) is 17.4 Å². The largest absolute Gasteiger partial charge is 0.376 e. The summed E-state index contributed by atoms with van der Waals surface area (Å²) < 4.78 is 5.70. The predicted molar refractivity (Wildman–Crippen MR) is 69.9 cm³/mol. The summed E-state index contributed by atoms with van der Waals surface area (Å²) in [5.41, 5.74) is 0.348. The molecule has 1 amide bonds. The van der Waals surface area contributed by atoms with Crippen molar-refractivity contribution >= 4 is 11.7 Å². The molecule has 1 aliphatic heterocycles. The quantitative estimate of drug-likeness (QED) is 0.840. The fourth-order valence-corrected chi connectivity index (χ4v) is 2.48. The molecule has 6 nitrogen and oxygen atoms in total. The zero-order valence-corrected chi connectivity index (χ0v) is 10.9. The molecule has 1 aromatic rings. The molecule has 1 aliphatic carbocycles. The average molecular weight is 262 g/mol. The number of ether oxygens (including phenoxy) is 1. The van der Waals surface area contributed by atoms with Crippen LogP contribution >= 0.6 is 0 Å². The Kier molecular flexibility index (Phi) is 3.33. The fraction of sp³-hybridized carbons (Fsp3) is 0.615. The highest BCUT2D eigenvalue weighted by molar-refractivity contribution is 5.92. The third-order valence-corrected chi connectivity index (χ3v) is 3.69. The topological polar surface area (TPSA) is 76.1 Å². The van der Waals surface area contributed by atoms with Gasteiger partial charge in [0.05, 0.1) is 12.1 Å². The first-order valence-electron chi connectivity index (χ1n) is 6.72. The molecule has 6 heteroatoms. The lowest BCUT2D eigenvalue weighted by Gasteiger charge is -2.19.